The van der Waals surface area contributed by atoms with Crippen LogP contribution in [0.4, 0.5) is 9.52 Å². The minimum absolute atomic E-state index is 0. The first-order valence-electron chi connectivity index (χ1n) is 9.30. The van der Waals surface area contributed by atoms with Gasteiger partial charge in [-0.15, -0.1) is 12.4 Å². The highest BCUT2D eigenvalue weighted by molar-refractivity contribution is 7.22. The molecule has 29 heavy (non-hydrogen) atoms. The van der Waals surface area contributed by atoms with Crippen LogP contribution in [0.5, 0.6) is 5.75 Å². The van der Waals surface area contributed by atoms with Gasteiger partial charge < -0.3 is 9.64 Å². The van der Waals surface area contributed by atoms with Crippen molar-refractivity contribution in [1.29, 1.82) is 0 Å². The topological polar surface area (TPSA) is 45.7 Å². The third kappa shape index (κ3) is 5.23. The number of aromatic nitrogens is 1. The Labute approximate surface area is 180 Å². The number of amides is 1. The summed E-state index contributed by atoms with van der Waals surface area (Å²) in [4.78, 5) is 21.6. The van der Waals surface area contributed by atoms with Crippen LogP contribution < -0.4 is 9.64 Å². The Kier molecular flexibility index (Phi) is 8.37. The molecule has 0 aliphatic rings. The number of fused-ring (bicyclic) bond motifs is 1. The second-order valence-corrected chi connectivity index (χ2v) is 7.31. The van der Waals surface area contributed by atoms with Crippen molar-refractivity contribution in [3.63, 3.8) is 0 Å². The van der Waals surface area contributed by atoms with E-state index in [2.05, 4.69) is 23.7 Å². The fourth-order valence-electron chi connectivity index (χ4n) is 3.00. The quantitative estimate of drug-likeness (QED) is 0.505. The first-order chi connectivity index (χ1) is 13.6. The molecule has 5 nitrogen and oxygen atoms in total. The summed E-state index contributed by atoms with van der Waals surface area (Å²) in [5.74, 6) is 0.0629. The van der Waals surface area contributed by atoms with Crippen LogP contribution in [0.1, 0.15) is 24.2 Å². The highest BCUT2D eigenvalue weighted by Gasteiger charge is 2.23. The standard InChI is InChI=1S/C21H24FN3O2S.ClH/c1-4-24(5-2)12-13-25(20(26)15-8-6-9-16(14-15)27-3)21-23-19-17(22)10-7-11-18(19)28-21;/h6-11,14H,4-5,12-13H2,1-3H3;1H. The monoisotopic (exact) mass is 437 g/mol. The maximum Gasteiger partial charge on any atom is 0.260 e. The molecule has 0 fully saturated rings. The maximum absolute atomic E-state index is 14.1. The molecular weight excluding hydrogens is 413 g/mol. The Hall–Kier alpha value is -2.22. The third-order valence-electron chi connectivity index (χ3n) is 4.69. The van der Waals surface area contributed by atoms with Crippen molar-refractivity contribution < 1.29 is 13.9 Å². The van der Waals surface area contributed by atoms with Crippen LogP contribution in [0, 0.1) is 5.82 Å². The molecule has 0 saturated carbocycles. The lowest BCUT2D eigenvalue weighted by Gasteiger charge is -2.24. The number of thiazole rings is 1. The predicted octanol–water partition coefficient (Wildman–Crippen LogP) is 4.85. The van der Waals surface area contributed by atoms with E-state index in [9.17, 15) is 9.18 Å². The number of halogens is 2. The lowest BCUT2D eigenvalue weighted by atomic mass is 10.2. The number of anilines is 1. The molecule has 0 radical (unpaired) electrons. The van der Waals surface area contributed by atoms with Gasteiger partial charge in [-0.1, -0.05) is 37.3 Å². The van der Waals surface area contributed by atoms with E-state index in [1.54, 1.807) is 42.3 Å². The molecule has 0 saturated heterocycles. The fraction of sp³-hybridized carbons (Fsp3) is 0.333. The van der Waals surface area contributed by atoms with E-state index in [-0.39, 0.29) is 24.1 Å². The second kappa shape index (κ2) is 10.5. The van der Waals surface area contributed by atoms with Crippen LogP contribution in [0.2, 0.25) is 0 Å². The number of hydrogen-bond donors (Lipinski definition) is 0. The summed E-state index contributed by atoms with van der Waals surface area (Å²) in [5, 5.41) is 0.500. The van der Waals surface area contributed by atoms with Crippen molar-refractivity contribution >= 4 is 45.0 Å². The van der Waals surface area contributed by atoms with Gasteiger partial charge in [-0.2, -0.15) is 0 Å². The number of rotatable bonds is 8. The van der Waals surface area contributed by atoms with Gasteiger partial charge in [-0.25, -0.2) is 9.37 Å². The van der Waals surface area contributed by atoms with Gasteiger partial charge in [0.15, 0.2) is 5.13 Å². The molecule has 0 aliphatic heterocycles. The van der Waals surface area contributed by atoms with Crippen molar-refractivity contribution in [2.24, 2.45) is 0 Å². The third-order valence-corrected chi connectivity index (χ3v) is 5.73. The number of benzene rings is 2. The molecule has 0 aliphatic carbocycles. The fourth-order valence-corrected chi connectivity index (χ4v) is 4.00. The number of methoxy groups -OCH3 is 1. The minimum Gasteiger partial charge on any atom is -0.497 e. The minimum atomic E-state index is -0.377. The van der Waals surface area contributed by atoms with Crippen molar-refractivity contribution in [2.75, 3.05) is 38.2 Å². The number of nitrogens with zero attached hydrogens (tertiary/aromatic N) is 3. The summed E-state index contributed by atoms with van der Waals surface area (Å²) in [5.41, 5.74) is 0.812. The average Bonchev–Trinajstić information content (AvgIpc) is 3.16. The van der Waals surface area contributed by atoms with E-state index in [1.165, 1.54) is 17.4 Å². The van der Waals surface area contributed by atoms with Crippen LogP contribution in [0.3, 0.4) is 0 Å². The highest BCUT2D eigenvalue weighted by Crippen LogP contribution is 2.31. The van der Waals surface area contributed by atoms with Gasteiger partial charge in [0.2, 0.25) is 0 Å². The van der Waals surface area contributed by atoms with Crippen LogP contribution in [-0.2, 0) is 0 Å². The van der Waals surface area contributed by atoms with Gasteiger partial charge in [0.25, 0.3) is 5.91 Å². The van der Waals surface area contributed by atoms with Crippen molar-refractivity contribution in [3.8, 4) is 5.75 Å². The van der Waals surface area contributed by atoms with Gasteiger partial charge in [-0.3, -0.25) is 9.69 Å². The van der Waals surface area contributed by atoms with Crippen LogP contribution >= 0.6 is 23.7 Å². The Morgan fingerprint density at radius 2 is 1.86 bits per heavy atom. The van der Waals surface area contributed by atoms with Crippen LogP contribution in [0.15, 0.2) is 42.5 Å². The van der Waals surface area contributed by atoms with Crippen LogP contribution in [0.25, 0.3) is 10.2 Å². The Bertz CT molecular complexity index is 962. The number of ether oxygens (including phenoxy) is 1. The van der Waals surface area contributed by atoms with Crippen molar-refractivity contribution in [1.82, 2.24) is 9.88 Å². The van der Waals surface area contributed by atoms with Crippen molar-refractivity contribution in [2.45, 2.75) is 13.8 Å². The number of carbonyl (C=O) groups excluding carboxylic acids is 1. The molecule has 3 aromatic rings. The summed E-state index contributed by atoms with van der Waals surface area (Å²) in [6.07, 6.45) is 0. The first kappa shape index (κ1) is 23.1. The Morgan fingerprint density at radius 1 is 1.14 bits per heavy atom. The van der Waals surface area contributed by atoms with Crippen molar-refractivity contribution in [3.05, 3.63) is 53.8 Å². The molecule has 1 heterocycles. The Balaban J connectivity index is 0.00000300. The van der Waals surface area contributed by atoms with Gasteiger partial charge in [0.05, 0.1) is 11.8 Å². The van der Waals surface area contributed by atoms with E-state index in [1.807, 2.05) is 6.07 Å². The summed E-state index contributed by atoms with van der Waals surface area (Å²) in [7, 11) is 1.57. The number of carbonyl (C=O) groups is 1. The van der Waals surface area contributed by atoms with E-state index in [0.29, 0.717) is 35.1 Å². The zero-order valence-electron chi connectivity index (χ0n) is 16.7. The molecule has 0 atom stereocenters. The molecule has 0 spiro atoms. The number of hydrogen-bond acceptors (Lipinski definition) is 5. The lowest BCUT2D eigenvalue weighted by molar-refractivity contribution is 0.0983. The highest BCUT2D eigenvalue weighted by atomic mass is 35.5. The molecule has 8 heteroatoms. The zero-order chi connectivity index (χ0) is 20.1. The molecule has 1 aromatic heterocycles. The smallest absolute Gasteiger partial charge is 0.260 e. The normalized spacial score (nSPS) is 10.8. The maximum atomic E-state index is 14.1. The van der Waals surface area contributed by atoms with Gasteiger partial charge in [-0.05, 0) is 43.4 Å². The molecule has 2 aromatic carbocycles. The number of para-hydroxylation sites is 1. The summed E-state index contributed by atoms with van der Waals surface area (Å²) < 4.78 is 20.1. The molecule has 0 unspecified atom stereocenters. The number of likely N-dealkylation sites (N-methyl/N-ethyl adjacent to an activating group) is 1. The molecule has 0 bridgehead atoms. The first-order valence-corrected chi connectivity index (χ1v) is 10.1. The second-order valence-electron chi connectivity index (χ2n) is 6.30. The summed E-state index contributed by atoms with van der Waals surface area (Å²) >= 11 is 1.32. The van der Waals surface area contributed by atoms with E-state index >= 15 is 0 Å². The van der Waals surface area contributed by atoms with E-state index in [0.717, 1.165) is 17.8 Å². The summed E-state index contributed by atoms with van der Waals surface area (Å²) in [6, 6.07) is 11.9. The average molecular weight is 438 g/mol. The van der Waals surface area contributed by atoms with Gasteiger partial charge in [0.1, 0.15) is 17.1 Å². The van der Waals surface area contributed by atoms with Gasteiger partial charge in [0, 0.05) is 18.7 Å². The Morgan fingerprint density at radius 3 is 2.52 bits per heavy atom. The molecule has 0 N–H and O–H groups in total. The van der Waals surface area contributed by atoms with E-state index in [4.69, 9.17) is 4.74 Å². The van der Waals surface area contributed by atoms with Gasteiger partial charge >= 0.3 is 0 Å². The molecule has 156 valence electrons. The molecular formula is C21H25ClFN3O2S. The molecule has 1 amide bonds. The summed E-state index contributed by atoms with van der Waals surface area (Å²) in [6.45, 7) is 7.15. The SMILES string of the molecule is CCN(CC)CCN(C(=O)c1cccc(OC)c1)c1nc2c(F)cccc2s1.Cl. The molecule has 3 rings (SSSR count). The largest absolute Gasteiger partial charge is 0.497 e. The van der Waals surface area contributed by atoms with E-state index < -0.39 is 0 Å². The predicted molar refractivity (Wildman–Crippen MR) is 119 cm³/mol. The zero-order valence-corrected chi connectivity index (χ0v) is 18.4. The lowest BCUT2D eigenvalue weighted by Crippen LogP contribution is -2.38. The van der Waals surface area contributed by atoms with Crippen LogP contribution in [-0.4, -0.2) is 49.1 Å².